The summed E-state index contributed by atoms with van der Waals surface area (Å²) >= 11 is 0. The number of likely N-dealkylation sites (N-methyl/N-ethyl adjacent to an activating group) is 1. The van der Waals surface area contributed by atoms with E-state index in [4.69, 9.17) is 4.74 Å². The van der Waals surface area contributed by atoms with Crippen LogP contribution in [0.2, 0.25) is 0 Å². The quantitative estimate of drug-likeness (QED) is 0.330. The van der Waals surface area contributed by atoms with Crippen LogP contribution in [0.15, 0.2) is 48.5 Å². The molecule has 1 amide bonds. The van der Waals surface area contributed by atoms with Gasteiger partial charge in [0.05, 0.1) is 29.5 Å². The molecule has 0 bridgehead atoms. The number of aromatic nitrogens is 1. The highest BCUT2D eigenvalue weighted by Gasteiger charge is 2.29. The molecule has 5 rings (SSSR count). The maximum absolute atomic E-state index is 12.9. The van der Waals surface area contributed by atoms with Crippen molar-refractivity contribution in [1.29, 1.82) is 0 Å². The summed E-state index contributed by atoms with van der Waals surface area (Å²) in [6, 6.07) is 15.1. The monoisotopic (exact) mass is 458 g/mol. The number of amides is 1. The zero-order chi connectivity index (χ0) is 24.0. The summed E-state index contributed by atoms with van der Waals surface area (Å²) in [6.07, 6.45) is 1.92. The van der Waals surface area contributed by atoms with Crippen LogP contribution >= 0.6 is 0 Å². The molecule has 8 heteroatoms. The highest BCUT2D eigenvalue weighted by atomic mass is 16.6. The van der Waals surface area contributed by atoms with Crippen LogP contribution in [-0.2, 0) is 9.53 Å². The van der Waals surface area contributed by atoms with E-state index in [0.717, 1.165) is 33.9 Å². The number of hydrogen-bond acceptors (Lipinski definition) is 5. The molecule has 2 aromatic carbocycles. The summed E-state index contributed by atoms with van der Waals surface area (Å²) in [5.41, 5.74) is 6.61. The first-order valence-electron chi connectivity index (χ1n) is 11.3. The van der Waals surface area contributed by atoms with Gasteiger partial charge in [0.25, 0.3) is 11.6 Å². The van der Waals surface area contributed by atoms with E-state index in [1.54, 1.807) is 18.0 Å². The SMILES string of the molecule is Cc1cc(/C=C2/C(=O)N(C)c3ccccc32)c(C)n1-c1ccc(N2CCOCC2)c([N+](=O)[O-])c1. The van der Waals surface area contributed by atoms with Crippen LogP contribution in [0.3, 0.4) is 0 Å². The van der Waals surface area contributed by atoms with Crippen molar-refractivity contribution in [3.63, 3.8) is 0 Å². The molecule has 0 radical (unpaired) electrons. The second-order valence-electron chi connectivity index (χ2n) is 8.63. The lowest BCUT2D eigenvalue weighted by atomic mass is 10.0. The highest BCUT2D eigenvalue weighted by Crippen LogP contribution is 2.38. The number of benzene rings is 2. The van der Waals surface area contributed by atoms with Crippen molar-refractivity contribution < 1.29 is 14.5 Å². The largest absolute Gasteiger partial charge is 0.378 e. The Hall–Kier alpha value is -3.91. The number of fused-ring (bicyclic) bond motifs is 1. The molecule has 0 atom stereocenters. The molecule has 174 valence electrons. The van der Waals surface area contributed by atoms with Gasteiger partial charge in [-0.25, -0.2) is 0 Å². The maximum atomic E-state index is 12.9. The van der Waals surface area contributed by atoms with Crippen molar-refractivity contribution in [1.82, 2.24) is 4.57 Å². The number of morpholine rings is 1. The van der Waals surface area contributed by atoms with E-state index in [0.29, 0.717) is 37.6 Å². The Kier molecular flexibility index (Phi) is 5.45. The summed E-state index contributed by atoms with van der Waals surface area (Å²) in [4.78, 5) is 28.2. The summed E-state index contributed by atoms with van der Waals surface area (Å²) in [5, 5.41) is 11.9. The minimum absolute atomic E-state index is 0.0449. The van der Waals surface area contributed by atoms with E-state index in [9.17, 15) is 14.9 Å². The van der Waals surface area contributed by atoms with Crippen LogP contribution in [0.4, 0.5) is 17.1 Å². The lowest BCUT2D eigenvalue weighted by Crippen LogP contribution is -2.36. The number of nitro benzene ring substituents is 1. The molecule has 34 heavy (non-hydrogen) atoms. The van der Waals surface area contributed by atoms with E-state index in [2.05, 4.69) is 0 Å². The lowest BCUT2D eigenvalue weighted by Gasteiger charge is -2.28. The summed E-state index contributed by atoms with van der Waals surface area (Å²) in [5.74, 6) is -0.0449. The van der Waals surface area contributed by atoms with Crippen molar-refractivity contribution in [2.45, 2.75) is 13.8 Å². The van der Waals surface area contributed by atoms with Gasteiger partial charge in [-0.15, -0.1) is 0 Å². The molecule has 1 aromatic heterocycles. The van der Waals surface area contributed by atoms with Gasteiger partial charge in [0, 0.05) is 48.7 Å². The molecule has 0 saturated carbocycles. The van der Waals surface area contributed by atoms with Crippen LogP contribution in [-0.4, -0.2) is 48.7 Å². The molecule has 0 spiro atoms. The topological polar surface area (TPSA) is 80.9 Å². The van der Waals surface area contributed by atoms with Crippen molar-refractivity contribution in [3.05, 3.63) is 81.2 Å². The van der Waals surface area contributed by atoms with Gasteiger partial charge in [-0.3, -0.25) is 14.9 Å². The number of ether oxygens (including phenoxy) is 1. The van der Waals surface area contributed by atoms with Crippen molar-refractivity contribution in [2.75, 3.05) is 43.2 Å². The first-order chi connectivity index (χ1) is 16.4. The first-order valence-corrected chi connectivity index (χ1v) is 11.3. The lowest BCUT2D eigenvalue weighted by molar-refractivity contribution is -0.384. The van der Waals surface area contributed by atoms with Crippen LogP contribution in [0.25, 0.3) is 17.3 Å². The molecule has 1 fully saturated rings. The van der Waals surface area contributed by atoms with Gasteiger partial charge in [0.15, 0.2) is 0 Å². The summed E-state index contributed by atoms with van der Waals surface area (Å²) < 4.78 is 7.39. The highest BCUT2D eigenvalue weighted by molar-refractivity contribution is 6.35. The summed E-state index contributed by atoms with van der Waals surface area (Å²) in [7, 11) is 1.78. The van der Waals surface area contributed by atoms with E-state index in [-0.39, 0.29) is 16.5 Å². The molecule has 3 aromatic rings. The summed E-state index contributed by atoms with van der Waals surface area (Å²) in [6.45, 7) is 6.31. The average Bonchev–Trinajstić information content (AvgIpc) is 3.26. The standard InChI is InChI=1S/C26H26N4O4/c1-17-14-19(15-22-21-6-4-5-7-23(21)27(3)26(22)31)18(2)29(17)20-8-9-24(25(16-20)30(32)33)28-10-12-34-13-11-28/h4-9,14-16H,10-13H2,1-3H3/b22-15+. The predicted molar refractivity (Wildman–Crippen MR) is 133 cm³/mol. The normalized spacial score (nSPS) is 16.9. The molecule has 8 nitrogen and oxygen atoms in total. The van der Waals surface area contributed by atoms with Crippen LogP contribution in [0.1, 0.15) is 22.5 Å². The number of para-hydroxylation sites is 1. The Labute approximate surface area is 197 Å². The zero-order valence-corrected chi connectivity index (χ0v) is 19.4. The van der Waals surface area contributed by atoms with Crippen LogP contribution in [0, 0.1) is 24.0 Å². The Balaban J connectivity index is 1.57. The molecule has 2 aliphatic rings. The van der Waals surface area contributed by atoms with Gasteiger partial charge in [0.1, 0.15) is 5.69 Å². The molecule has 0 aliphatic carbocycles. The Morgan fingerprint density at radius 2 is 1.76 bits per heavy atom. The fraction of sp³-hybridized carbons (Fsp3) is 0.269. The number of carbonyl (C=O) groups is 1. The van der Waals surface area contributed by atoms with E-state index < -0.39 is 0 Å². The third-order valence-corrected chi connectivity index (χ3v) is 6.63. The number of nitrogens with zero attached hydrogens (tertiary/aromatic N) is 4. The third-order valence-electron chi connectivity index (χ3n) is 6.63. The number of carbonyl (C=O) groups excluding carboxylic acids is 1. The smallest absolute Gasteiger partial charge is 0.294 e. The van der Waals surface area contributed by atoms with Gasteiger partial charge in [-0.2, -0.15) is 0 Å². The van der Waals surface area contributed by atoms with E-state index >= 15 is 0 Å². The third kappa shape index (κ3) is 3.56. The van der Waals surface area contributed by atoms with Crippen LogP contribution in [0.5, 0.6) is 0 Å². The second kappa shape index (κ2) is 8.46. The van der Waals surface area contributed by atoms with Crippen molar-refractivity contribution in [2.24, 2.45) is 0 Å². The maximum Gasteiger partial charge on any atom is 0.294 e. The van der Waals surface area contributed by atoms with Crippen molar-refractivity contribution >= 4 is 34.6 Å². The molecule has 0 unspecified atom stereocenters. The molecular formula is C26H26N4O4. The molecule has 2 aliphatic heterocycles. The molecule has 1 saturated heterocycles. The Morgan fingerprint density at radius 1 is 1.03 bits per heavy atom. The van der Waals surface area contributed by atoms with E-state index in [1.807, 2.05) is 71.9 Å². The average molecular weight is 459 g/mol. The van der Waals surface area contributed by atoms with Crippen LogP contribution < -0.4 is 9.80 Å². The second-order valence-corrected chi connectivity index (χ2v) is 8.63. The number of nitro groups is 1. The predicted octanol–water partition coefficient (Wildman–Crippen LogP) is 4.36. The minimum atomic E-state index is -0.324. The minimum Gasteiger partial charge on any atom is -0.378 e. The molecular weight excluding hydrogens is 432 g/mol. The van der Waals surface area contributed by atoms with Gasteiger partial charge < -0.3 is 19.1 Å². The first kappa shape index (κ1) is 21.9. The Morgan fingerprint density at radius 3 is 2.50 bits per heavy atom. The number of rotatable bonds is 4. The van der Waals surface area contributed by atoms with E-state index in [1.165, 1.54) is 0 Å². The number of anilines is 2. The van der Waals surface area contributed by atoms with Gasteiger partial charge in [-0.05, 0) is 49.8 Å². The Bertz CT molecular complexity index is 1330. The van der Waals surface area contributed by atoms with Gasteiger partial charge in [0.2, 0.25) is 0 Å². The van der Waals surface area contributed by atoms with Gasteiger partial charge >= 0.3 is 0 Å². The van der Waals surface area contributed by atoms with Gasteiger partial charge in [-0.1, -0.05) is 18.2 Å². The molecule has 3 heterocycles. The zero-order valence-electron chi connectivity index (χ0n) is 19.4. The van der Waals surface area contributed by atoms with Crippen molar-refractivity contribution in [3.8, 4) is 5.69 Å². The number of aryl methyl sites for hydroxylation is 1. The fourth-order valence-electron chi connectivity index (χ4n) is 4.89. The molecule has 0 N–H and O–H groups in total. The number of hydrogen-bond donors (Lipinski definition) is 0. The fourth-order valence-corrected chi connectivity index (χ4v) is 4.89.